The van der Waals surface area contributed by atoms with Gasteiger partial charge >= 0.3 is 0 Å². The summed E-state index contributed by atoms with van der Waals surface area (Å²) in [7, 11) is 0. The van der Waals surface area contributed by atoms with Crippen LogP contribution in [0.5, 0.6) is 0 Å². The van der Waals surface area contributed by atoms with Crippen molar-refractivity contribution in [3.63, 3.8) is 0 Å². The van der Waals surface area contributed by atoms with E-state index in [-0.39, 0.29) is 5.91 Å². The van der Waals surface area contributed by atoms with Gasteiger partial charge in [-0.05, 0) is 25.7 Å². The standard InChI is InChI=1S/C12H24N2O2/c1-9(2)7-14-12(15)8-13-11-4-5-16-10(3)6-11/h9-11,13H,4-8H2,1-3H3,(H,14,15). The summed E-state index contributed by atoms with van der Waals surface area (Å²) in [5, 5.41) is 6.18. The molecule has 0 spiro atoms. The number of nitrogens with one attached hydrogen (secondary N) is 2. The number of amides is 1. The quantitative estimate of drug-likeness (QED) is 0.735. The van der Waals surface area contributed by atoms with Gasteiger partial charge in [0.25, 0.3) is 0 Å². The van der Waals surface area contributed by atoms with E-state index in [0.29, 0.717) is 24.6 Å². The van der Waals surface area contributed by atoms with Crippen LogP contribution in [0.4, 0.5) is 0 Å². The molecule has 1 aliphatic rings. The Labute approximate surface area is 98.1 Å². The average Bonchev–Trinajstić information content (AvgIpc) is 2.23. The van der Waals surface area contributed by atoms with Crippen LogP contribution in [-0.4, -0.2) is 37.7 Å². The summed E-state index contributed by atoms with van der Waals surface area (Å²) in [4.78, 5) is 11.5. The number of hydrogen-bond acceptors (Lipinski definition) is 3. The number of carbonyl (C=O) groups is 1. The molecule has 2 N–H and O–H groups in total. The maximum atomic E-state index is 11.5. The Morgan fingerprint density at radius 3 is 2.88 bits per heavy atom. The minimum Gasteiger partial charge on any atom is -0.378 e. The van der Waals surface area contributed by atoms with Crippen molar-refractivity contribution in [1.29, 1.82) is 0 Å². The van der Waals surface area contributed by atoms with Crippen LogP contribution < -0.4 is 10.6 Å². The van der Waals surface area contributed by atoms with E-state index in [4.69, 9.17) is 4.74 Å². The zero-order chi connectivity index (χ0) is 12.0. The molecule has 1 aliphatic heterocycles. The molecule has 94 valence electrons. The molecule has 0 aromatic rings. The van der Waals surface area contributed by atoms with Crippen molar-refractivity contribution in [2.24, 2.45) is 5.92 Å². The van der Waals surface area contributed by atoms with Crippen molar-refractivity contribution in [1.82, 2.24) is 10.6 Å². The van der Waals surface area contributed by atoms with Gasteiger partial charge in [0.2, 0.25) is 5.91 Å². The fourth-order valence-electron chi connectivity index (χ4n) is 1.80. The Balaban J connectivity index is 2.11. The molecule has 2 atom stereocenters. The van der Waals surface area contributed by atoms with Crippen molar-refractivity contribution in [2.75, 3.05) is 19.7 Å². The molecule has 4 heteroatoms. The number of hydrogen-bond donors (Lipinski definition) is 2. The second-order valence-electron chi connectivity index (χ2n) is 4.98. The van der Waals surface area contributed by atoms with E-state index in [0.717, 1.165) is 26.0 Å². The number of rotatable bonds is 5. The molecule has 1 amide bonds. The number of carbonyl (C=O) groups excluding carboxylic acids is 1. The van der Waals surface area contributed by atoms with E-state index < -0.39 is 0 Å². The zero-order valence-corrected chi connectivity index (χ0v) is 10.6. The molecule has 1 heterocycles. The molecule has 1 fully saturated rings. The van der Waals surface area contributed by atoms with Gasteiger partial charge in [0.05, 0.1) is 12.6 Å². The van der Waals surface area contributed by atoms with Gasteiger partial charge in [-0.1, -0.05) is 13.8 Å². The molecule has 0 aromatic carbocycles. The fourth-order valence-corrected chi connectivity index (χ4v) is 1.80. The smallest absolute Gasteiger partial charge is 0.233 e. The molecule has 1 rings (SSSR count). The highest BCUT2D eigenvalue weighted by Crippen LogP contribution is 2.12. The van der Waals surface area contributed by atoms with Crippen molar-refractivity contribution >= 4 is 5.91 Å². The molecule has 1 saturated heterocycles. The van der Waals surface area contributed by atoms with Crippen molar-refractivity contribution in [2.45, 2.75) is 45.8 Å². The third kappa shape index (κ3) is 5.47. The zero-order valence-electron chi connectivity index (χ0n) is 10.6. The third-order valence-electron chi connectivity index (χ3n) is 2.74. The van der Waals surface area contributed by atoms with E-state index in [1.807, 2.05) is 0 Å². The molecule has 0 aliphatic carbocycles. The fraction of sp³-hybridized carbons (Fsp3) is 0.917. The highest BCUT2D eigenvalue weighted by Gasteiger charge is 2.19. The number of ether oxygens (including phenoxy) is 1. The predicted octanol–water partition coefficient (Wildman–Crippen LogP) is 0.916. The Morgan fingerprint density at radius 2 is 2.25 bits per heavy atom. The lowest BCUT2D eigenvalue weighted by Crippen LogP contribution is -2.43. The largest absolute Gasteiger partial charge is 0.378 e. The normalized spacial score (nSPS) is 25.8. The van der Waals surface area contributed by atoms with Crippen LogP contribution >= 0.6 is 0 Å². The molecule has 0 radical (unpaired) electrons. The highest BCUT2D eigenvalue weighted by atomic mass is 16.5. The Hall–Kier alpha value is -0.610. The van der Waals surface area contributed by atoms with E-state index in [9.17, 15) is 4.79 Å². The van der Waals surface area contributed by atoms with Crippen LogP contribution in [0.15, 0.2) is 0 Å². The van der Waals surface area contributed by atoms with E-state index in [1.165, 1.54) is 0 Å². The van der Waals surface area contributed by atoms with Crippen LogP contribution in [-0.2, 0) is 9.53 Å². The summed E-state index contributed by atoms with van der Waals surface area (Å²) in [6.45, 7) is 8.23. The predicted molar refractivity (Wildman–Crippen MR) is 64.3 cm³/mol. The molecular formula is C12H24N2O2. The van der Waals surface area contributed by atoms with Gasteiger partial charge in [-0.3, -0.25) is 4.79 Å². The van der Waals surface area contributed by atoms with Crippen LogP contribution in [0, 0.1) is 5.92 Å². The maximum Gasteiger partial charge on any atom is 0.233 e. The van der Waals surface area contributed by atoms with Crippen LogP contribution in [0.1, 0.15) is 33.6 Å². The first-order valence-electron chi connectivity index (χ1n) is 6.19. The minimum absolute atomic E-state index is 0.0906. The lowest BCUT2D eigenvalue weighted by molar-refractivity contribution is -0.120. The summed E-state index contributed by atoms with van der Waals surface area (Å²) in [5.74, 6) is 0.597. The molecule has 0 saturated carbocycles. The first-order chi connectivity index (χ1) is 7.58. The Bertz CT molecular complexity index is 219. The van der Waals surface area contributed by atoms with Crippen LogP contribution in [0.25, 0.3) is 0 Å². The maximum absolute atomic E-state index is 11.5. The molecule has 4 nitrogen and oxygen atoms in total. The van der Waals surface area contributed by atoms with Gasteiger partial charge < -0.3 is 15.4 Å². The van der Waals surface area contributed by atoms with Gasteiger partial charge in [-0.2, -0.15) is 0 Å². The molecule has 2 unspecified atom stereocenters. The van der Waals surface area contributed by atoms with Crippen LogP contribution in [0.2, 0.25) is 0 Å². The molecule has 0 aromatic heterocycles. The minimum atomic E-state index is 0.0906. The van der Waals surface area contributed by atoms with Gasteiger partial charge in [-0.15, -0.1) is 0 Å². The summed E-state index contributed by atoms with van der Waals surface area (Å²) in [6, 6.07) is 0.425. The molecule has 0 bridgehead atoms. The summed E-state index contributed by atoms with van der Waals surface area (Å²) < 4.78 is 5.45. The topological polar surface area (TPSA) is 50.4 Å². The third-order valence-corrected chi connectivity index (χ3v) is 2.74. The first kappa shape index (κ1) is 13.5. The summed E-state index contributed by atoms with van der Waals surface area (Å²) >= 11 is 0. The van der Waals surface area contributed by atoms with Crippen molar-refractivity contribution in [3.05, 3.63) is 0 Å². The van der Waals surface area contributed by atoms with Gasteiger partial charge in [0.15, 0.2) is 0 Å². The summed E-state index contributed by atoms with van der Waals surface area (Å²) in [6.07, 6.45) is 2.31. The van der Waals surface area contributed by atoms with Crippen molar-refractivity contribution in [3.8, 4) is 0 Å². The van der Waals surface area contributed by atoms with Gasteiger partial charge in [0.1, 0.15) is 0 Å². The second-order valence-corrected chi connectivity index (χ2v) is 4.98. The average molecular weight is 228 g/mol. The highest BCUT2D eigenvalue weighted by molar-refractivity contribution is 5.77. The van der Waals surface area contributed by atoms with Gasteiger partial charge in [0, 0.05) is 19.2 Å². The van der Waals surface area contributed by atoms with E-state index in [1.54, 1.807) is 0 Å². The van der Waals surface area contributed by atoms with E-state index in [2.05, 4.69) is 31.4 Å². The Morgan fingerprint density at radius 1 is 1.50 bits per heavy atom. The van der Waals surface area contributed by atoms with E-state index >= 15 is 0 Å². The monoisotopic (exact) mass is 228 g/mol. The van der Waals surface area contributed by atoms with Crippen molar-refractivity contribution < 1.29 is 9.53 Å². The SMILES string of the molecule is CC(C)CNC(=O)CNC1CCOC(C)C1. The second kappa shape index (κ2) is 6.86. The first-order valence-corrected chi connectivity index (χ1v) is 6.19. The lowest BCUT2D eigenvalue weighted by Gasteiger charge is -2.27. The lowest BCUT2D eigenvalue weighted by atomic mass is 10.0. The molecular weight excluding hydrogens is 204 g/mol. The van der Waals surface area contributed by atoms with Gasteiger partial charge in [-0.25, -0.2) is 0 Å². The summed E-state index contributed by atoms with van der Waals surface area (Å²) in [5.41, 5.74) is 0. The Kier molecular flexibility index (Phi) is 5.77. The molecule has 16 heavy (non-hydrogen) atoms. The van der Waals surface area contributed by atoms with Crippen LogP contribution in [0.3, 0.4) is 0 Å².